The number of carbonyl (C=O) groups excluding carboxylic acids is 1. The van der Waals surface area contributed by atoms with Crippen molar-refractivity contribution in [3.05, 3.63) is 27.3 Å². The van der Waals surface area contributed by atoms with E-state index in [0.717, 1.165) is 22.8 Å². The number of benzene rings is 1. The van der Waals surface area contributed by atoms with Crippen LogP contribution in [0.4, 0.5) is 0 Å². The molecule has 0 aromatic heterocycles. The Balaban J connectivity index is 2.19. The molecule has 5 heteroatoms. The van der Waals surface area contributed by atoms with Gasteiger partial charge in [-0.25, -0.2) is 0 Å². The maximum absolute atomic E-state index is 12.6. The predicted molar refractivity (Wildman–Crippen MR) is 84.8 cm³/mol. The largest absolute Gasteiger partial charge is 0.507 e. The molecule has 1 amide bonds. The first-order chi connectivity index (χ1) is 9.13. The third-order valence-electron chi connectivity index (χ3n) is 3.50. The van der Waals surface area contributed by atoms with Gasteiger partial charge in [0.1, 0.15) is 5.75 Å². The Bertz CT molecular complexity index is 463. The molecule has 0 radical (unpaired) electrons. The van der Waals surface area contributed by atoms with E-state index in [2.05, 4.69) is 22.6 Å². The van der Waals surface area contributed by atoms with E-state index >= 15 is 0 Å². The highest BCUT2D eigenvalue weighted by Crippen LogP contribution is 2.29. The van der Waals surface area contributed by atoms with Crippen LogP contribution in [0, 0.1) is 3.57 Å². The van der Waals surface area contributed by atoms with Crippen molar-refractivity contribution >= 4 is 40.1 Å². The third kappa shape index (κ3) is 3.54. The summed E-state index contributed by atoms with van der Waals surface area (Å²) >= 11 is 7.88. The summed E-state index contributed by atoms with van der Waals surface area (Å²) in [7, 11) is 0. The van der Waals surface area contributed by atoms with Crippen molar-refractivity contribution in [2.24, 2.45) is 0 Å². The van der Waals surface area contributed by atoms with Gasteiger partial charge >= 0.3 is 0 Å². The second-order valence-electron chi connectivity index (χ2n) is 4.79. The minimum Gasteiger partial charge on any atom is -0.507 e. The van der Waals surface area contributed by atoms with Crippen molar-refractivity contribution in [2.45, 2.75) is 31.7 Å². The lowest BCUT2D eigenvalue weighted by atomic mass is 9.90. The number of phenols is 1. The highest BCUT2D eigenvalue weighted by molar-refractivity contribution is 14.1. The summed E-state index contributed by atoms with van der Waals surface area (Å²) in [5.74, 6) is 0.529. The first kappa shape index (κ1) is 14.9. The van der Waals surface area contributed by atoms with E-state index in [4.69, 9.17) is 11.6 Å². The van der Waals surface area contributed by atoms with Crippen molar-refractivity contribution in [2.75, 3.05) is 12.4 Å². The number of nitrogens with zero attached hydrogens (tertiary/aromatic N) is 1. The normalized spacial score (nSPS) is 15.1. The van der Waals surface area contributed by atoms with Gasteiger partial charge in [0, 0.05) is 22.0 Å². The number of rotatable bonds is 5. The van der Waals surface area contributed by atoms with Gasteiger partial charge in [-0.15, -0.1) is 11.6 Å². The van der Waals surface area contributed by atoms with Gasteiger partial charge in [-0.2, -0.15) is 0 Å². The summed E-state index contributed by atoms with van der Waals surface area (Å²) in [6.45, 7) is 0.665. The molecule has 2 rings (SSSR count). The third-order valence-corrected chi connectivity index (χ3v) is 4.44. The van der Waals surface area contributed by atoms with Crippen molar-refractivity contribution in [3.63, 3.8) is 0 Å². The molecule has 0 atom stereocenters. The van der Waals surface area contributed by atoms with Gasteiger partial charge in [0.15, 0.2) is 0 Å². The molecule has 0 aliphatic heterocycles. The van der Waals surface area contributed by atoms with E-state index in [9.17, 15) is 9.90 Å². The monoisotopic (exact) mass is 393 g/mol. The van der Waals surface area contributed by atoms with Crippen LogP contribution in [0.15, 0.2) is 18.2 Å². The van der Waals surface area contributed by atoms with E-state index in [1.165, 1.54) is 6.42 Å². The van der Waals surface area contributed by atoms with Gasteiger partial charge in [0.2, 0.25) is 0 Å². The van der Waals surface area contributed by atoms with E-state index in [1.54, 1.807) is 18.2 Å². The number of halogens is 2. The van der Waals surface area contributed by atoms with Crippen LogP contribution in [0.1, 0.15) is 36.0 Å². The SMILES string of the molecule is O=C(c1cc(I)ccc1O)N(CCCCl)C1CCC1. The molecule has 0 heterocycles. The van der Waals surface area contributed by atoms with Crippen molar-refractivity contribution < 1.29 is 9.90 Å². The lowest BCUT2D eigenvalue weighted by molar-refractivity contribution is 0.0577. The number of carbonyl (C=O) groups is 1. The molecule has 0 bridgehead atoms. The fourth-order valence-corrected chi connectivity index (χ4v) is 2.82. The topological polar surface area (TPSA) is 40.5 Å². The van der Waals surface area contributed by atoms with Crippen LogP contribution in [0.5, 0.6) is 5.75 Å². The maximum Gasteiger partial charge on any atom is 0.257 e. The van der Waals surface area contributed by atoms with E-state index in [0.29, 0.717) is 24.0 Å². The fourth-order valence-electron chi connectivity index (χ4n) is 2.21. The molecule has 1 aromatic carbocycles. The van der Waals surface area contributed by atoms with Gasteiger partial charge in [-0.1, -0.05) is 0 Å². The van der Waals surface area contributed by atoms with Crippen LogP contribution in [0.2, 0.25) is 0 Å². The molecule has 1 fully saturated rings. The molecule has 1 aliphatic carbocycles. The molecule has 1 aliphatic rings. The van der Waals surface area contributed by atoms with Crippen molar-refractivity contribution in [1.82, 2.24) is 4.90 Å². The predicted octanol–water partition coefficient (Wildman–Crippen LogP) is 3.62. The summed E-state index contributed by atoms with van der Waals surface area (Å²) in [4.78, 5) is 14.4. The number of hydrogen-bond acceptors (Lipinski definition) is 2. The molecule has 104 valence electrons. The maximum atomic E-state index is 12.6. The molecule has 0 saturated heterocycles. The van der Waals surface area contributed by atoms with E-state index in [-0.39, 0.29) is 11.7 Å². The van der Waals surface area contributed by atoms with Crippen LogP contribution in [-0.2, 0) is 0 Å². The second-order valence-corrected chi connectivity index (χ2v) is 6.41. The first-order valence-electron chi connectivity index (χ1n) is 6.49. The Morgan fingerprint density at radius 1 is 1.47 bits per heavy atom. The zero-order valence-corrected chi connectivity index (χ0v) is 13.5. The summed E-state index contributed by atoms with van der Waals surface area (Å²) < 4.78 is 0.949. The van der Waals surface area contributed by atoms with Crippen LogP contribution < -0.4 is 0 Å². The Hall–Kier alpha value is -0.490. The molecule has 1 aromatic rings. The van der Waals surface area contributed by atoms with Crippen molar-refractivity contribution in [3.8, 4) is 5.75 Å². The average molecular weight is 394 g/mol. The molecule has 3 nitrogen and oxygen atoms in total. The first-order valence-corrected chi connectivity index (χ1v) is 8.10. The van der Waals surface area contributed by atoms with Gasteiger partial charge < -0.3 is 10.0 Å². The summed E-state index contributed by atoms with van der Waals surface area (Å²) in [5.41, 5.74) is 0.397. The highest BCUT2D eigenvalue weighted by atomic mass is 127. The Morgan fingerprint density at radius 2 is 2.21 bits per heavy atom. The Kier molecular flexibility index (Phi) is 5.33. The Labute approximate surface area is 132 Å². The van der Waals surface area contributed by atoms with Gasteiger partial charge in [-0.05, 0) is 66.5 Å². The highest BCUT2D eigenvalue weighted by Gasteiger charge is 2.30. The molecule has 0 unspecified atom stereocenters. The molecular weight excluding hydrogens is 377 g/mol. The zero-order valence-electron chi connectivity index (χ0n) is 10.6. The van der Waals surface area contributed by atoms with Crippen LogP contribution >= 0.6 is 34.2 Å². The summed E-state index contributed by atoms with van der Waals surface area (Å²) in [6, 6.07) is 5.42. The van der Waals surface area contributed by atoms with Gasteiger partial charge in [-0.3, -0.25) is 4.79 Å². The zero-order chi connectivity index (χ0) is 13.8. The fraction of sp³-hybridized carbons (Fsp3) is 0.500. The number of hydrogen-bond donors (Lipinski definition) is 1. The summed E-state index contributed by atoms with van der Waals surface area (Å²) in [5, 5.41) is 9.88. The van der Waals surface area contributed by atoms with Crippen LogP contribution in [0.25, 0.3) is 0 Å². The number of amides is 1. The van der Waals surface area contributed by atoms with E-state index < -0.39 is 0 Å². The quantitative estimate of drug-likeness (QED) is 0.613. The van der Waals surface area contributed by atoms with Crippen LogP contribution in [0.3, 0.4) is 0 Å². The minimum atomic E-state index is -0.0779. The molecule has 0 spiro atoms. The molecule has 19 heavy (non-hydrogen) atoms. The molecule has 1 N–H and O–H groups in total. The minimum absolute atomic E-state index is 0.0561. The lowest BCUT2D eigenvalue weighted by Crippen LogP contribution is -2.44. The van der Waals surface area contributed by atoms with Crippen molar-refractivity contribution in [1.29, 1.82) is 0 Å². The van der Waals surface area contributed by atoms with Crippen LogP contribution in [-0.4, -0.2) is 34.4 Å². The van der Waals surface area contributed by atoms with E-state index in [1.807, 2.05) is 4.90 Å². The number of aromatic hydroxyl groups is 1. The number of alkyl halides is 1. The smallest absolute Gasteiger partial charge is 0.257 e. The average Bonchev–Trinajstić information content (AvgIpc) is 2.34. The Morgan fingerprint density at radius 3 is 2.79 bits per heavy atom. The summed E-state index contributed by atoms with van der Waals surface area (Å²) in [6.07, 6.45) is 4.07. The van der Waals surface area contributed by atoms with Gasteiger partial charge in [0.25, 0.3) is 5.91 Å². The molecular formula is C14H17ClINO2. The molecule has 1 saturated carbocycles. The second kappa shape index (κ2) is 6.79. The lowest BCUT2D eigenvalue weighted by Gasteiger charge is -2.37. The standard InChI is InChI=1S/C14H17ClINO2/c15-7-2-8-17(11-3-1-4-11)14(19)12-9-10(16)5-6-13(12)18/h5-6,9,11,18H,1-4,7-8H2. The van der Waals surface area contributed by atoms with Gasteiger partial charge in [0.05, 0.1) is 5.56 Å². The number of phenolic OH excluding ortho intramolecular Hbond substituents is 1.